The molecule has 0 aliphatic rings. The lowest BCUT2D eigenvalue weighted by Gasteiger charge is -1.98. The number of nitrogens with zero attached hydrogens (tertiary/aromatic N) is 4. The molecule has 16 heavy (non-hydrogen) atoms. The maximum Gasteiger partial charge on any atom is 0.314 e. The van der Waals surface area contributed by atoms with E-state index in [1.165, 1.54) is 4.52 Å². The van der Waals surface area contributed by atoms with E-state index in [0.29, 0.717) is 12.4 Å². The van der Waals surface area contributed by atoms with Crippen LogP contribution in [0.3, 0.4) is 0 Å². The fourth-order valence-corrected chi connectivity index (χ4v) is 1.19. The van der Waals surface area contributed by atoms with E-state index in [-0.39, 0.29) is 5.82 Å². The molecule has 2 aromatic rings. The Kier molecular flexibility index (Phi) is 2.78. The molecule has 0 spiro atoms. The summed E-state index contributed by atoms with van der Waals surface area (Å²) in [5.74, 6) is -0.0522. The van der Waals surface area contributed by atoms with Crippen LogP contribution in [0.5, 0.6) is 0 Å². The number of carbonyl (C=O) groups is 1. The Morgan fingerprint density at radius 3 is 3.12 bits per heavy atom. The molecule has 0 aliphatic heterocycles. The van der Waals surface area contributed by atoms with Crippen molar-refractivity contribution in [1.82, 2.24) is 25.1 Å². The summed E-state index contributed by atoms with van der Waals surface area (Å²) >= 11 is 0. The van der Waals surface area contributed by atoms with Gasteiger partial charge in [-0.25, -0.2) is 15.0 Å². The van der Waals surface area contributed by atoms with Crippen molar-refractivity contribution in [1.29, 1.82) is 0 Å². The fourth-order valence-electron chi connectivity index (χ4n) is 1.19. The van der Waals surface area contributed by atoms with E-state index in [1.54, 1.807) is 19.2 Å². The number of fused-ring (bicyclic) bond motifs is 1. The van der Waals surface area contributed by atoms with Gasteiger partial charge in [-0.15, -0.1) is 5.10 Å². The number of amides is 1. The van der Waals surface area contributed by atoms with Gasteiger partial charge < -0.3 is 0 Å². The van der Waals surface area contributed by atoms with Crippen molar-refractivity contribution in [2.45, 2.75) is 13.8 Å². The van der Waals surface area contributed by atoms with Crippen LogP contribution in [0.4, 0.5) is 0 Å². The summed E-state index contributed by atoms with van der Waals surface area (Å²) in [4.78, 5) is 24.2. The molecule has 2 aromatic heterocycles. The molecule has 84 valence electrons. The minimum absolute atomic E-state index is 0.0373. The Morgan fingerprint density at radius 1 is 1.62 bits per heavy atom. The van der Waals surface area contributed by atoms with Crippen LogP contribution < -0.4 is 5.48 Å². The van der Waals surface area contributed by atoms with E-state index in [9.17, 15) is 4.79 Å². The summed E-state index contributed by atoms with van der Waals surface area (Å²) in [6.07, 6.45) is 1.61. The number of hydrogen-bond donors (Lipinski definition) is 1. The largest absolute Gasteiger partial charge is 0.314 e. The summed E-state index contributed by atoms with van der Waals surface area (Å²) in [6, 6.07) is 1.78. The van der Waals surface area contributed by atoms with Gasteiger partial charge in [-0.1, -0.05) is 0 Å². The molecule has 2 rings (SSSR count). The number of hydrogen-bond acceptors (Lipinski definition) is 5. The Labute approximate surface area is 91.4 Å². The Bertz CT molecular complexity index is 522. The summed E-state index contributed by atoms with van der Waals surface area (Å²) in [6.45, 7) is 4.01. The lowest BCUT2D eigenvalue weighted by Crippen LogP contribution is -2.24. The smallest absolute Gasteiger partial charge is 0.274 e. The number of aryl methyl sites for hydroxylation is 1. The van der Waals surface area contributed by atoms with E-state index in [2.05, 4.69) is 20.5 Å². The van der Waals surface area contributed by atoms with E-state index in [0.717, 1.165) is 5.69 Å². The number of aromatic nitrogens is 4. The van der Waals surface area contributed by atoms with Crippen LogP contribution in [0, 0.1) is 6.92 Å². The van der Waals surface area contributed by atoms with Gasteiger partial charge in [0.05, 0.1) is 6.61 Å². The van der Waals surface area contributed by atoms with Crippen LogP contribution in [-0.4, -0.2) is 32.1 Å². The van der Waals surface area contributed by atoms with E-state index in [4.69, 9.17) is 4.84 Å². The SMILES string of the molecule is CCONC(=O)c1nc2nccc(C)n2n1. The van der Waals surface area contributed by atoms with Crippen molar-refractivity contribution in [2.75, 3.05) is 6.61 Å². The molecule has 0 aliphatic carbocycles. The molecule has 1 amide bonds. The Balaban J connectivity index is 2.32. The van der Waals surface area contributed by atoms with Gasteiger partial charge in [-0.05, 0) is 19.9 Å². The molecule has 7 nitrogen and oxygen atoms in total. The topological polar surface area (TPSA) is 81.4 Å². The monoisotopic (exact) mass is 221 g/mol. The number of nitrogens with one attached hydrogen (secondary N) is 1. The van der Waals surface area contributed by atoms with Crippen molar-refractivity contribution in [3.63, 3.8) is 0 Å². The van der Waals surface area contributed by atoms with Crippen LogP contribution in [-0.2, 0) is 4.84 Å². The van der Waals surface area contributed by atoms with Gasteiger partial charge in [-0.2, -0.15) is 4.98 Å². The second-order valence-electron chi connectivity index (χ2n) is 3.10. The maximum absolute atomic E-state index is 11.5. The highest BCUT2D eigenvalue weighted by atomic mass is 16.6. The molecule has 2 heterocycles. The number of rotatable bonds is 3. The van der Waals surface area contributed by atoms with Crippen molar-refractivity contribution in [3.8, 4) is 0 Å². The molecular formula is C9H11N5O2. The third-order valence-corrected chi connectivity index (χ3v) is 1.94. The van der Waals surface area contributed by atoms with Gasteiger partial charge in [0.1, 0.15) is 0 Å². The lowest BCUT2D eigenvalue weighted by molar-refractivity contribution is 0.0355. The number of carbonyl (C=O) groups excluding carboxylic acids is 1. The number of hydroxylamine groups is 1. The van der Waals surface area contributed by atoms with Crippen LogP contribution in [0.2, 0.25) is 0 Å². The minimum atomic E-state index is -0.480. The zero-order valence-corrected chi connectivity index (χ0v) is 8.97. The van der Waals surface area contributed by atoms with Gasteiger partial charge in [0.2, 0.25) is 5.82 Å². The minimum Gasteiger partial charge on any atom is -0.274 e. The molecule has 0 saturated carbocycles. The second kappa shape index (κ2) is 4.23. The fraction of sp³-hybridized carbons (Fsp3) is 0.333. The maximum atomic E-state index is 11.5. The van der Waals surface area contributed by atoms with E-state index < -0.39 is 5.91 Å². The Morgan fingerprint density at radius 2 is 2.44 bits per heavy atom. The lowest BCUT2D eigenvalue weighted by atomic mass is 10.5. The highest BCUT2D eigenvalue weighted by molar-refractivity contribution is 5.89. The molecule has 0 radical (unpaired) electrons. The molecule has 0 saturated heterocycles. The molecule has 0 bridgehead atoms. The quantitative estimate of drug-likeness (QED) is 0.744. The van der Waals surface area contributed by atoms with E-state index >= 15 is 0 Å². The molecule has 0 unspecified atom stereocenters. The van der Waals surface area contributed by atoms with Crippen molar-refractivity contribution >= 4 is 11.7 Å². The first-order valence-electron chi connectivity index (χ1n) is 4.83. The average molecular weight is 221 g/mol. The molecule has 0 atom stereocenters. The predicted molar refractivity (Wildman–Crippen MR) is 54.6 cm³/mol. The highest BCUT2D eigenvalue weighted by Crippen LogP contribution is 2.01. The predicted octanol–water partition coefficient (Wildman–Crippen LogP) is 0.114. The third-order valence-electron chi connectivity index (χ3n) is 1.94. The normalized spacial score (nSPS) is 10.6. The highest BCUT2D eigenvalue weighted by Gasteiger charge is 2.13. The van der Waals surface area contributed by atoms with Crippen LogP contribution in [0.25, 0.3) is 5.78 Å². The zero-order valence-electron chi connectivity index (χ0n) is 8.97. The van der Waals surface area contributed by atoms with Gasteiger partial charge in [0.15, 0.2) is 0 Å². The van der Waals surface area contributed by atoms with Gasteiger partial charge in [0, 0.05) is 11.9 Å². The summed E-state index contributed by atoms with van der Waals surface area (Å²) < 4.78 is 1.50. The van der Waals surface area contributed by atoms with Crippen molar-refractivity contribution in [3.05, 3.63) is 23.8 Å². The molecule has 1 N–H and O–H groups in total. The van der Waals surface area contributed by atoms with E-state index in [1.807, 2.05) is 6.92 Å². The Hall–Kier alpha value is -2.02. The molecule has 0 aromatic carbocycles. The molecular weight excluding hydrogens is 210 g/mol. The first-order chi connectivity index (χ1) is 7.72. The van der Waals surface area contributed by atoms with Crippen molar-refractivity contribution < 1.29 is 9.63 Å². The standard InChI is InChI=1S/C9H11N5O2/c1-3-16-13-8(15)7-11-9-10-5-4-6(2)14(9)12-7/h4-5H,3H2,1-2H3,(H,13,15). The third kappa shape index (κ3) is 1.84. The van der Waals surface area contributed by atoms with Gasteiger partial charge in [-0.3, -0.25) is 9.63 Å². The van der Waals surface area contributed by atoms with Crippen LogP contribution >= 0.6 is 0 Å². The molecule has 0 fully saturated rings. The first kappa shape index (κ1) is 10.5. The summed E-state index contributed by atoms with van der Waals surface area (Å²) in [5.41, 5.74) is 3.08. The molecule has 7 heteroatoms. The van der Waals surface area contributed by atoms with Gasteiger partial charge >= 0.3 is 5.91 Å². The summed E-state index contributed by atoms with van der Waals surface area (Å²) in [7, 11) is 0. The first-order valence-corrected chi connectivity index (χ1v) is 4.83. The van der Waals surface area contributed by atoms with Crippen LogP contribution in [0.1, 0.15) is 23.2 Å². The van der Waals surface area contributed by atoms with Gasteiger partial charge in [0.25, 0.3) is 5.78 Å². The van der Waals surface area contributed by atoms with Crippen molar-refractivity contribution in [2.24, 2.45) is 0 Å². The van der Waals surface area contributed by atoms with Crippen LogP contribution in [0.15, 0.2) is 12.3 Å². The summed E-state index contributed by atoms with van der Waals surface area (Å²) in [5, 5.41) is 4.02. The average Bonchev–Trinajstić information content (AvgIpc) is 2.71. The zero-order chi connectivity index (χ0) is 11.5. The second-order valence-corrected chi connectivity index (χ2v) is 3.10.